The summed E-state index contributed by atoms with van der Waals surface area (Å²) in [6, 6.07) is 0. The molecule has 1 aliphatic rings. The molecule has 1 saturated heterocycles. The quantitative estimate of drug-likeness (QED) is 0.676. The summed E-state index contributed by atoms with van der Waals surface area (Å²) in [5, 5.41) is 0.818. The van der Waals surface area contributed by atoms with E-state index in [1.54, 1.807) is 4.90 Å². The zero-order valence-electron chi connectivity index (χ0n) is 6.17. The summed E-state index contributed by atoms with van der Waals surface area (Å²) in [6.07, 6.45) is 1.96. The molecule has 2 rings (SSSR count). The van der Waals surface area contributed by atoms with Gasteiger partial charge in [-0.3, -0.25) is 9.69 Å². The molecule has 1 atom stereocenters. The van der Waals surface area contributed by atoms with Gasteiger partial charge in [-0.2, -0.15) is 17.0 Å². The summed E-state index contributed by atoms with van der Waals surface area (Å²) in [5.74, 6) is 0.0896. The molecule has 4 nitrogen and oxygen atoms in total. The molecule has 1 aromatic heterocycles. The first-order valence-corrected chi connectivity index (χ1v) is 4.81. The van der Waals surface area contributed by atoms with Crippen molar-refractivity contribution in [2.45, 2.75) is 11.7 Å². The molecule has 64 valence electrons. The number of rotatable bonds is 1. The van der Waals surface area contributed by atoms with Crippen LogP contribution in [0, 0.1) is 0 Å². The van der Waals surface area contributed by atoms with Gasteiger partial charge in [0.2, 0.25) is 11.0 Å². The van der Waals surface area contributed by atoms with Crippen molar-refractivity contribution in [2.24, 2.45) is 0 Å². The maximum atomic E-state index is 11.3. The minimum Gasteiger partial charge on any atom is -0.286 e. The van der Waals surface area contributed by atoms with Crippen molar-refractivity contribution in [3.8, 4) is 0 Å². The summed E-state index contributed by atoms with van der Waals surface area (Å²) in [7, 11) is 0. The Labute approximate surface area is 79.2 Å². The Bertz CT molecular complexity index is 287. The molecule has 12 heavy (non-hydrogen) atoms. The average molecular weight is 201 g/mol. The minimum absolute atomic E-state index is 0.0896. The molecule has 2 heterocycles. The summed E-state index contributed by atoms with van der Waals surface area (Å²) in [5.41, 5.74) is 0. The first-order chi connectivity index (χ1) is 5.77. The molecule has 0 radical (unpaired) electrons. The molecule has 0 aromatic carbocycles. The van der Waals surface area contributed by atoms with Crippen LogP contribution in [0.15, 0.2) is 6.33 Å². The van der Waals surface area contributed by atoms with Crippen molar-refractivity contribution in [2.75, 3.05) is 11.4 Å². The Kier molecular flexibility index (Phi) is 2.02. The molecule has 1 unspecified atom stereocenters. The maximum absolute atomic E-state index is 11.3. The second kappa shape index (κ2) is 3.02. The summed E-state index contributed by atoms with van der Waals surface area (Å²) in [4.78, 5) is 16.9. The van der Waals surface area contributed by atoms with Crippen molar-refractivity contribution >= 4 is 35.2 Å². The monoisotopic (exact) mass is 201 g/mol. The lowest BCUT2D eigenvalue weighted by molar-refractivity contribution is -0.117. The van der Waals surface area contributed by atoms with Gasteiger partial charge in [0.25, 0.3) is 0 Å². The van der Waals surface area contributed by atoms with Gasteiger partial charge in [-0.25, -0.2) is 4.98 Å². The predicted molar refractivity (Wildman–Crippen MR) is 49.7 cm³/mol. The smallest absolute Gasteiger partial charge is 0.230 e. The van der Waals surface area contributed by atoms with Gasteiger partial charge < -0.3 is 0 Å². The van der Waals surface area contributed by atoms with Crippen molar-refractivity contribution in [1.29, 1.82) is 0 Å². The number of anilines is 1. The van der Waals surface area contributed by atoms with Crippen molar-refractivity contribution in [1.82, 2.24) is 9.36 Å². The molecule has 0 saturated carbocycles. The van der Waals surface area contributed by atoms with E-state index in [9.17, 15) is 4.79 Å². The highest BCUT2D eigenvalue weighted by atomic mass is 32.1. The zero-order chi connectivity index (χ0) is 8.55. The third-order valence-corrected chi connectivity index (χ3v) is 2.72. The van der Waals surface area contributed by atoms with E-state index in [1.165, 1.54) is 17.9 Å². The molecule has 1 amide bonds. The van der Waals surface area contributed by atoms with Crippen LogP contribution in [0.3, 0.4) is 0 Å². The second-order valence-electron chi connectivity index (χ2n) is 2.59. The van der Waals surface area contributed by atoms with Crippen LogP contribution in [0.5, 0.6) is 0 Å². The number of carbonyl (C=O) groups is 1. The minimum atomic E-state index is 0.0896. The lowest BCUT2D eigenvalue weighted by Crippen LogP contribution is -2.24. The number of hydrogen-bond acceptors (Lipinski definition) is 5. The van der Waals surface area contributed by atoms with Crippen LogP contribution >= 0.6 is 24.2 Å². The molecule has 0 spiro atoms. The van der Waals surface area contributed by atoms with Gasteiger partial charge in [0.05, 0.1) is 0 Å². The van der Waals surface area contributed by atoms with E-state index >= 15 is 0 Å². The van der Waals surface area contributed by atoms with Crippen molar-refractivity contribution in [3.63, 3.8) is 0 Å². The first-order valence-electron chi connectivity index (χ1n) is 3.52. The van der Waals surface area contributed by atoms with Crippen LogP contribution in [0.25, 0.3) is 0 Å². The number of amides is 1. The van der Waals surface area contributed by atoms with Gasteiger partial charge in [0.15, 0.2) is 0 Å². The zero-order valence-corrected chi connectivity index (χ0v) is 7.89. The number of hydrogen-bond donors (Lipinski definition) is 1. The predicted octanol–water partition coefficient (Wildman–Crippen LogP) is 0.573. The SMILES string of the molecule is O=C1CC(S)CN1c1ncns1. The molecule has 1 aromatic rings. The first kappa shape index (κ1) is 8.00. The van der Waals surface area contributed by atoms with E-state index in [2.05, 4.69) is 22.0 Å². The van der Waals surface area contributed by atoms with E-state index in [0.717, 1.165) is 0 Å². The Morgan fingerprint density at radius 1 is 1.75 bits per heavy atom. The maximum Gasteiger partial charge on any atom is 0.230 e. The van der Waals surface area contributed by atoms with E-state index in [1.807, 2.05) is 0 Å². The third-order valence-electron chi connectivity index (χ3n) is 1.69. The van der Waals surface area contributed by atoms with Crippen LogP contribution in [0.2, 0.25) is 0 Å². The fourth-order valence-corrected chi connectivity index (χ4v) is 2.04. The Morgan fingerprint density at radius 2 is 2.58 bits per heavy atom. The van der Waals surface area contributed by atoms with Crippen LogP contribution in [0.1, 0.15) is 6.42 Å². The highest BCUT2D eigenvalue weighted by Crippen LogP contribution is 2.23. The van der Waals surface area contributed by atoms with Crippen molar-refractivity contribution < 1.29 is 4.79 Å². The van der Waals surface area contributed by atoms with E-state index < -0.39 is 0 Å². The topological polar surface area (TPSA) is 46.1 Å². The molecule has 0 bridgehead atoms. The highest BCUT2D eigenvalue weighted by Gasteiger charge is 2.29. The summed E-state index contributed by atoms with van der Waals surface area (Å²) < 4.78 is 3.84. The van der Waals surface area contributed by atoms with E-state index in [-0.39, 0.29) is 11.2 Å². The lowest BCUT2D eigenvalue weighted by Gasteiger charge is -2.09. The fourth-order valence-electron chi connectivity index (χ4n) is 1.16. The number of carbonyl (C=O) groups excluding carboxylic acids is 1. The largest absolute Gasteiger partial charge is 0.286 e. The molecule has 6 heteroatoms. The van der Waals surface area contributed by atoms with E-state index in [4.69, 9.17) is 0 Å². The number of aromatic nitrogens is 2. The second-order valence-corrected chi connectivity index (χ2v) is 4.07. The molecule has 1 fully saturated rings. The number of nitrogens with zero attached hydrogens (tertiary/aromatic N) is 3. The van der Waals surface area contributed by atoms with E-state index in [0.29, 0.717) is 18.1 Å². The Balaban J connectivity index is 2.21. The molecular formula is C6H7N3OS2. The van der Waals surface area contributed by atoms with Gasteiger partial charge in [-0.15, -0.1) is 0 Å². The van der Waals surface area contributed by atoms with Gasteiger partial charge in [0.1, 0.15) is 6.33 Å². The van der Waals surface area contributed by atoms with Gasteiger partial charge >= 0.3 is 0 Å². The molecular weight excluding hydrogens is 194 g/mol. The third kappa shape index (κ3) is 1.32. The van der Waals surface area contributed by atoms with Crippen molar-refractivity contribution in [3.05, 3.63) is 6.33 Å². The van der Waals surface area contributed by atoms with Gasteiger partial charge in [-0.05, 0) is 0 Å². The normalized spacial score (nSPS) is 23.6. The Morgan fingerprint density at radius 3 is 3.08 bits per heavy atom. The number of thiol groups is 1. The molecule has 0 N–H and O–H groups in total. The molecule has 0 aliphatic carbocycles. The summed E-state index contributed by atoms with van der Waals surface area (Å²) in [6.45, 7) is 0.650. The van der Waals surface area contributed by atoms with Crippen LogP contribution in [-0.2, 0) is 4.79 Å². The fraction of sp³-hybridized carbons (Fsp3) is 0.500. The molecule has 1 aliphatic heterocycles. The van der Waals surface area contributed by atoms with Crippen LogP contribution in [-0.4, -0.2) is 27.1 Å². The van der Waals surface area contributed by atoms with Gasteiger partial charge in [0, 0.05) is 29.7 Å². The Hall–Kier alpha value is -0.620. The lowest BCUT2D eigenvalue weighted by atomic mass is 10.4. The highest BCUT2D eigenvalue weighted by molar-refractivity contribution is 7.81. The average Bonchev–Trinajstić information content (AvgIpc) is 2.58. The van der Waals surface area contributed by atoms with Crippen LogP contribution in [0.4, 0.5) is 5.13 Å². The van der Waals surface area contributed by atoms with Gasteiger partial charge in [-0.1, -0.05) is 0 Å². The standard InChI is InChI=1S/C6H7N3OS2/c10-5-1-4(11)2-9(5)6-7-3-8-12-6/h3-4,11H,1-2H2. The van der Waals surface area contributed by atoms with Crippen LogP contribution < -0.4 is 4.90 Å². The summed E-state index contributed by atoms with van der Waals surface area (Å²) >= 11 is 5.47.